The third-order valence-electron chi connectivity index (χ3n) is 2.89. The van der Waals surface area contributed by atoms with E-state index in [-0.39, 0.29) is 16.0 Å². The summed E-state index contributed by atoms with van der Waals surface area (Å²) < 4.78 is 28.6. The van der Waals surface area contributed by atoms with Gasteiger partial charge in [0.05, 0.1) is 9.80 Å². The van der Waals surface area contributed by atoms with Crippen molar-refractivity contribution in [1.29, 1.82) is 0 Å². The van der Waals surface area contributed by atoms with E-state index >= 15 is 0 Å². The molecule has 6 nitrogen and oxygen atoms in total. The molecule has 0 aromatic heterocycles. The number of carbonyl (C=O) groups is 1. The maximum Gasteiger partial charge on any atom is 0.284 e. The van der Waals surface area contributed by atoms with E-state index in [9.17, 15) is 13.2 Å². The molecule has 0 saturated carbocycles. The number of benzene rings is 1. The van der Waals surface area contributed by atoms with Gasteiger partial charge in [-0.25, -0.2) is 0 Å². The molecule has 0 atom stereocenters. The van der Waals surface area contributed by atoms with Crippen molar-refractivity contribution in [1.82, 2.24) is 9.80 Å². The van der Waals surface area contributed by atoms with Gasteiger partial charge >= 0.3 is 0 Å². The second-order valence-electron chi connectivity index (χ2n) is 4.91. The molecule has 0 bridgehead atoms. The zero-order valence-electron chi connectivity index (χ0n) is 12.9. The molecule has 1 heterocycles. The topological polar surface area (TPSA) is 70.1 Å². The van der Waals surface area contributed by atoms with Gasteiger partial charge in [0.25, 0.3) is 15.9 Å². The first-order chi connectivity index (χ1) is 10.7. The lowest BCUT2D eigenvalue weighted by molar-refractivity contribution is -0.122. The summed E-state index contributed by atoms with van der Waals surface area (Å²) >= 11 is 6.81. The van der Waals surface area contributed by atoms with Crippen molar-refractivity contribution in [3.63, 3.8) is 0 Å². The predicted octanol–water partition coefficient (Wildman–Crippen LogP) is 2.38. The van der Waals surface area contributed by atoms with Crippen LogP contribution in [-0.2, 0) is 14.8 Å². The second kappa shape index (κ2) is 6.94. The van der Waals surface area contributed by atoms with Crippen molar-refractivity contribution in [2.45, 2.75) is 11.8 Å². The Labute approximate surface area is 144 Å². The number of hydrogen-bond donors (Lipinski definition) is 0. The number of rotatable bonds is 4. The van der Waals surface area contributed by atoms with Gasteiger partial charge in [-0.1, -0.05) is 11.6 Å². The summed E-state index contributed by atoms with van der Waals surface area (Å²) in [7, 11) is -0.328. The molecule has 0 aliphatic carbocycles. The molecular formula is C14H16ClN3O3S2. The number of sulfonamides is 1. The molecule has 0 unspecified atom stereocenters. The SMILES string of the molecule is CCN1C(=O)/C(=C\N(C)C)S/C1=N/S(=O)(=O)c1ccc(Cl)cc1. The van der Waals surface area contributed by atoms with Gasteiger partial charge in [0.15, 0.2) is 5.17 Å². The highest BCUT2D eigenvalue weighted by atomic mass is 35.5. The number of nitrogens with zero attached hydrogens (tertiary/aromatic N) is 3. The predicted molar refractivity (Wildman–Crippen MR) is 92.8 cm³/mol. The number of amidine groups is 1. The molecule has 124 valence electrons. The van der Waals surface area contributed by atoms with E-state index in [4.69, 9.17) is 11.6 Å². The van der Waals surface area contributed by atoms with Crippen LogP contribution in [0.4, 0.5) is 0 Å². The molecule has 2 rings (SSSR count). The van der Waals surface area contributed by atoms with E-state index in [2.05, 4.69) is 4.40 Å². The summed E-state index contributed by atoms with van der Waals surface area (Å²) in [6, 6.07) is 5.74. The van der Waals surface area contributed by atoms with Crippen molar-refractivity contribution in [2.24, 2.45) is 4.40 Å². The van der Waals surface area contributed by atoms with E-state index in [1.54, 1.807) is 32.1 Å². The fourth-order valence-corrected chi connectivity index (χ4v) is 4.28. The molecule has 0 spiro atoms. The lowest BCUT2D eigenvalue weighted by atomic mass is 10.4. The molecule has 1 aliphatic heterocycles. The molecule has 1 aromatic rings. The maximum atomic E-state index is 12.4. The third kappa shape index (κ3) is 4.07. The van der Waals surface area contributed by atoms with Crippen LogP contribution in [0.15, 0.2) is 44.7 Å². The van der Waals surface area contributed by atoms with Crippen LogP contribution in [0, 0.1) is 0 Å². The molecule has 1 saturated heterocycles. The Balaban J connectivity index is 2.41. The van der Waals surface area contributed by atoms with Gasteiger partial charge in [-0.15, -0.1) is 4.40 Å². The molecule has 23 heavy (non-hydrogen) atoms. The van der Waals surface area contributed by atoms with E-state index < -0.39 is 10.0 Å². The van der Waals surface area contributed by atoms with Gasteiger partial charge in [0, 0.05) is 31.9 Å². The Morgan fingerprint density at radius 1 is 1.30 bits per heavy atom. The van der Waals surface area contributed by atoms with Gasteiger partial charge in [-0.2, -0.15) is 8.42 Å². The minimum Gasteiger partial charge on any atom is -0.382 e. The number of carbonyl (C=O) groups excluding carboxylic acids is 1. The molecule has 1 aliphatic rings. The summed E-state index contributed by atoms with van der Waals surface area (Å²) in [5, 5.41) is 0.592. The Kier molecular flexibility index (Phi) is 5.38. The van der Waals surface area contributed by atoms with E-state index in [0.717, 1.165) is 11.8 Å². The van der Waals surface area contributed by atoms with Crippen LogP contribution in [0.1, 0.15) is 6.92 Å². The molecule has 1 amide bonds. The van der Waals surface area contributed by atoms with Crippen LogP contribution in [0.5, 0.6) is 0 Å². The normalized spacial score (nSPS) is 19.0. The highest BCUT2D eigenvalue weighted by Crippen LogP contribution is 2.32. The number of likely N-dealkylation sites (N-methyl/N-ethyl adjacent to an activating group) is 1. The second-order valence-corrected chi connectivity index (χ2v) is 7.96. The lowest BCUT2D eigenvalue weighted by Crippen LogP contribution is -2.29. The number of amides is 1. The van der Waals surface area contributed by atoms with Crippen LogP contribution in [0.25, 0.3) is 0 Å². The fourth-order valence-electron chi connectivity index (χ4n) is 1.84. The molecule has 1 fully saturated rings. The van der Waals surface area contributed by atoms with E-state index in [1.165, 1.54) is 29.2 Å². The van der Waals surface area contributed by atoms with Crippen LogP contribution in [0.2, 0.25) is 5.02 Å². The minimum atomic E-state index is -3.91. The zero-order valence-corrected chi connectivity index (χ0v) is 15.2. The molecule has 1 aromatic carbocycles. The van der Waals surface area contributed by atoms with E-state index in [1.807, 2.05) is 0 Å². The van der Waals surface area contributed by atoms with Crippen molar-refractivity contribution in [3.8, 4) is 0 Å². The van der Waals surface area contributed by atoms with Crippen LogP contribution in [0.3, 0.4) is 0 Å². The van der Waals surface area contributed by atoms with Crippen LogP contribution < -0.4 is 0 Å². The fraction of sp³-hybridized carbons (Fsp3) is 0.286. The van der Waals surface area contributed by atoms with Gasteiger partial charge in [0.1, 0.15) is 0 Å². The van der Waals surface area contributed by atoms with Crippen molar-refractivity contribution in [3.05, 3.63) is 40.4 Å². The Hall–Kier alpha value is -1.51. The summed E-state index contributed by atoms with van der Waals surface area (Å²) in [6.45, 7) is 2.10. The summed E-state index contributed by atoms with van der Waals surface area (Å²) in [6.07, 6.45) is 1.65. The zero-order chi connectivity index (χ0) is 17.2. The molecule has 0 radical (unpaired) electrons. The summed E-state index contributed by atoms with van der Waals surface area (Å²) in [4.78, 5) is 15.8. The van der Waals surface area contributed by atoms with Gasteiger partial charge < -0.3 is 4.90 Å². The Morgan fingerprint density at radius 2 is 1.91 bits per heavy atom. The summed E-state index contributed by atoms with van der Waals surface area (Å²) in [5.74, 6) is -0.253. The van der Waals surface area contributed by atoms with Gasteiger partial charge in [-0.05, 0) is 43.0 Å². The van der Waals surface area contributed by atoms with Crippen molar-refractivity contribution in [2.75, 3.05) is 20.6 Å². The van der Waals surface area contributed by atoms with Crippen molar-refractivity contribution >= 4 is 44.5 Å². The molecule has 9 heteroatoms. The average Bonchev–Trinajstić information content (AvgIpc) is 2.73. The Morgan fingerprint density at radius 3 is 2.43 bits per heavy atom. The lowest BCUT2D eigenvalue weighted by Gasteiger charge is -2.12. The number of halogens is 1. The first-order valence-electron chi connectivity index (χ1n) is 6.73. The van der Waals surface area contributed by atoms with Crippen molar-refractivity contribution < 1.29 is 13.2 Å². The largest absolute Gasteiger partial charge is 0.382 e. The van der Waals surface area contributed by atoms with Crippen LogP contribution in [-0.4, -0.2) is 49.9 Å². The standard InChI is InChI=1S/C14H16ClN3O3S2/c1-4-18-13(19)12(9-17(2)3)22-14(18)16-23(20,21)11-7-5-10(15)6-8-11/h5-9H,4H2,1-3H3/b12-9+,16-14+. The quantitative estimate of drug-likeness (QED) is 0.758. The average molecular weight is 374 g/mol. The van der Waals surface area contributed by atoms with E-state index in [0.29, 0.717) is 16.5 Å². The maximum absolute atomic E-state index is 12.4. The Bertz CT molecular complexity index is 771. The summed E-state index contributed by atoms with van der Waals surface area (Å²) in [5.41, 5.74) is 0. The monoisotopic (exact) mass is 373 g/mol. The molecule has 0 N–H and O–H groups in total. The third-order valence-corrected chi connectivity index (χ3v) is 5.53. The minimum absolute atomic E-state index is 0.0311. The number of hydrogen-bond acceptors (Lipinski definition) is 5. The number of thioether (sulfide) groups is 1. The first-order valence-corrected chi connectivity index (χ1v) is 9.36. The van der Waals surface area contributed by atoms with Crippen LogP contribution >= 0.6 is 23.4 Å². The van der Waals surface area contributed by atoms with Gasteiger partial charge in [-0.3, -0.25) is 9.69 Å². The highest BCUT2D eigenvalue weighted by molar-refractivity contribution is 8.19. The highest BCUT2D eigenvalue weighted by Gasteiger charge is 2.34. The molecular weight excluding hydrogens is 358 g/mol. The smallest absolute Gasteiger partial charge is 0.284 e. The first kappa shape index (κ1) is 17.8. The van der Waals surface area contributed by atoms with Gasteiger partial charge in [0.2, 0.25) is 0 Å².